The Hall–Kier alpha value is -4.65. The maximum absolute atomic E-state index is 14.0. The molecule has 0 bridgehead atoms. The number of nitrogens with two attached hydrogens (primary N) is 1. The molecular formula is C31H28F2N6O4. The van der Waals surface area contributed by atoms with Gasteiger partial charge in [-0.05, 0) is 54.3 Å². The van der Waals surface area contributed by atoms with Crippen molar-refractivity contribution >= 4 is 22.5 Å². The van der Waals surface area contributed by atoms with E-state index in [1.54, 1.807) is 6.92 Å². The largest absolute Gasteiger partial charge is 0.433 e. The second-order valence-electron chi connectivity index (χ2n) is 11.2. The molecule has 0 spiro atoms. The topological polar surface area (TPSA) is 132 Å². The van der Waals surface area contributed by atoms with Crippen LogP contribution in [0.3, 0.4) is 0 Å². The molecule has 0 unspecified atom stereocenters. The van der Waals surface area contributed by atoms with Gasteiger partial charge in [0.25, 0.3) is 0 Å². The molecule has 43 heavy (non-hydrogen) atoms. The number of β-amino-alcohol motifs (C(OH)–C–C–N with tert-alkyl or cyclic N) is 1. The van der Waals surface area contributed by atoms with E-state index < -0.39 is 23.0 Å². The van der Waals surface area contributed by atoms with Crippen LogP contribution in [0.4, 0.5) is 14.6 Å². The minimum atomic E-state index is -0.846. The highest BCUT2D eigenvalue weighted by molar-refractivity contribution is 6.12. The molecule has 10 nitrogen and oxygen atoms in total. The summed E-state index contributed by atoms with van der Waals surface area (Å²) in [5.41, 5.74) is 10.5. The van der Waals surface area contributed by atoms with Crippen molar-refractivity contribution in [3.05, 3.63) is 94.4 Å². The number of benzene rings is 2. The minimum absolute atomic E-state index is 0.00951. The van der Waals surface area contributed by atoms with Crippen LogP contribution in [0.2, 0.25) is 0 Å². The van der Waals surface area contributed by atoms with Gasteiger partial charge in [0.2, 0.25) is 17.4 Å². The molecule has 2 aromatic carbocycles. The highest BCUT2D eigenvalue weighted by atomic mass is 19.1. The second-order valence-corrected chi connectivity index (χ2v) is 11.2. The number of halogens is 2. The Bertz CT molecular complexity index is 1880. The number of hydrogen-bond donors (Lipinski definition) is 3. The number of aromatic nitrogens is 4. The summed E-state index contributed by atoms with van der Waals surface area (Å²) < 4.78 is 40.0. The summed E-state index contributed by atoms with van der Waals surface area (Å²) in [6.07, 6.45) is 3.62. The number of ketones is 1. The quantitative estimate of drug-likeness (QED) is 0.244. The predicted molar refractivity (Wildman–Crippen MR) is 153 cm³/mol. The normalized spacial score (nSPS) is 16.2. The number of fused-ring (bicyclic) bond motifs is 3. The van der Waals surface area contributed by atoms with Crippen LogP contribution in [0.15, 0.2) is 54.9 Å². The zero-order valence-electron chi connectivity index (χ0n) is 23.2. The molecule has 0 saturated carbocycles. The van der Waals surface area contributed by atoms with E-state index in [-0.39, 0.29) is 23.0 Å². The van der Waals surface area contributed by atoms with Gasteiger partial charge in [-0.2, -0.15) is 5.10 Å². The van der Waals surface area contributed by atoms with Crippen LogP contribution in [-0.2, 0) is 17.7 Å². The molecule has 7 rings (SSSR count). The van der Waals surface area contributed by atoms with Gasteiger partial charge in [-0.15, -0.1) is 0 Å². The molecular weight excluding hydrogens is 558 g/mol. The number of aromatic amines is 1. The maximum atomic E-state index is 14.0. The first-order valence-electron chi connectivity index (χ1n) is 13.8. The number of anilines is 1. The third-order valence-electron chi connectivity index (χ3n) is 8.05. The average molecular weight is 587 g/mol. The zero-order chi connectivity index (χ0) is 29.9. The molecule has 1 fully saturated rings. The van der Waals surface area contributed by atoms with Crippen molar-refractivity contribution in [1.82, 2.24) is 24.6 Å². The molecule has 1 saturated heterocycles. The molecule has 12 heteroatoms. The third-order valence-corrected chi connectivity index (χ3v) is 8.05. The van der Waals surface area contributed by atoms with Crippen LogP contribution in [-0.4, -0.2) is 67.4 Å². The lowest BCUT2D eigenvalue weighted by Crippen LogP contribution is -2.57. The van der Waals surface area contributed by atoms with Gasteiger partial charge >= 0.3 is 0 Å². The predicted octanol–water partition coefficient (Wildman–Crippen LogP) is 4.06. The Morgan fingerprint density at radius 2 is 1.98 bits per heavy atom. The van der Waals surface area contributed by atoms with Gasteiger partial charge in [-0.3, -0.25) is 9.69 Å². The molecule has 0 atom stereocenters. The number of rotatable bonds is 7. The summed E-state index contributed by atoms with van der Waals surface area (Å²) in [6.45, 7) is 4.56. The van der Waals surface area contributed by atoms with Crippen LogP contribution >= 0.6 is 0 Å². The van der Waals surface area contributed by atoms with Gasteiger partial charge in [-0.1, -0.05) is 12.1 Å². The van der Waals surface area contributed by atoms with Gasteiger partial charge in [0, 0.05) is 36.6 Å². The van der Waals surface area contributed by atoms with E-state index in [1.807, 2.05) is 12.1 Å². The van der Waals surface area contributed by atoms with Crippen LogP contribution in [0.1, 0.15) is 32.7 Å². The Morgan fingerprint density at radius 1 is 1.19 bits per heavy atom. The smallest absolute Gasteiger partial charge is 0.219 e. The van der Waals surface area contributed by atoms with Gasteiger partial charge in [0.1, 0.15) is 11.4 Å². The molecule has 5 aromatic rings. The molecule has 0 amide bonds. The number of carbonyl (C=O) groups is 1. The third kappa shape index (κ3) is 4.83. The number of ether oxygens (including phenoxy) is 2. The molecule has 2 aliphatic heterocycles. The van der Waals surface area contributed by atoms with E-state index in [9.17, 15) is 18.7 Å². The average Bonchev–Trinajstić information content (AvgIpc) is 3.58. The summed E-state index contributed by atoms with van der Waals surface area (Å²) in [6, 6.07) is 10.8. The number of hydrogen-bond acceptors (Lipinski definition) is 8. The Balaban J connectivity index is 1.12. The highest BCUT2D eigenvalue weighted by Gasteiger charge is 2.38. The van der Waals surface area contributed by atoms with Gasteiger partial charge in [-0.25, -0.2) is 18.4 Å². The summed E-state index contributed by atoms with van der Waals surface area (Å²) in [7, 11) is 0. The van der Waals surface area contributed by atoms with Crippen molar-refractivity contribution in [2.75, 3.05) is 32.0 Å². The zero-order valence-corrected chi connectivity index (χ0v) is 23.2. The molecule has 3 aromatic heterocycles. The van der Waals surface area contributed by atoms with Crippen molar-refractivity contribution in [2.45, 2.75) is 25.5 Å². The minimum Gasteiger partial charge on any atom is -0.433 e. The van der Waals surface area contributed by atoms with Crippen LogP contribution in [0.25, 0.3) is 16.6 Å². The highest BCUT2D eigenvalue weighted by Crippen LogP contribution is 2.32. The first kappa shape index (κ1) is 27.2. The van der Waals surface area contributed by atoms with E-state index >= 15 is 0 Å². The lowest BCUT2D eigenvalue weighted by molar-refractivity contribution is -0.188. The number of nitrogens with one attached hydrogen (secondary N) is 1. The molecule has 2 aliphatic rings. The fourth-order valence-electron chi connectivity index (χ4n) is 5.80. The van der Waals surface area contributed by atoms with Gasteiger partial charge < -0.3 is 25.3 Å². The summed E-state index contributed by atoms with van der Waals surface area (Å²) >= 11 is 0. The Kier molecular flexibility index (Phi) is 6.49. The van der Waals surface area contributed by atoms with Crippen molar-refractivity contribution < 1.29 is 28.2 Å². The van der Waals surface area contributed by atoms with E-state index in [1.165, 1.54) is 40.3 Å². The monoisotopic (exact) mass is 586 g/mol. The fraction of sp³-hybridized carbons (Fsp3) is 0.258. The van der Waals surface area contributed by atoms with Crippen molar-refractivity contribution in [1.29, 1.82) is 0 Å². The Labute approximate surface area is 244 Å². The van der Waals surface area contributed by atoms with Gasteiger partial charge in [0.05, 0.1) is 42.6 Å². The van der Waals surface area contributed by atoms with Gasteiger partial charge in [0.15, 0.2) is 11.6 Å². The van der Waals surface area contributed by atoms with Crippen molar-refractivity contribution in [3.63, 3.8) is 0 Å². The first-order valence-corrected chi connectivity index (χ1v) is 13.8. The van der Waals surface area contributed by atoms with E-state index in [4.69, 9.17) is 15.2 Å². The fourth-order valence-corrected chi connectivity index (χ4v) is 5.80. The lowest BCUT2D eigenvalue weighted by Gasteiger charge is -2.41. The van der Waals surface area contributed by atoms with Crippen molar-refractivity contribution in [3.8, 4) is 17.3 Å². The molecule has 0 radical (unpaired) electrons. The molecule has 0 aliphatic carbocycles. The standard InChI is InChI=1S/C31H28F2N6O4/c1-17-9-27(43-29-22(32)3-2-4-23(29)33)35-12-26(17)39-30(34)21(11-36-39)28(40)25-10-20-19-7-8-38(14-31(41)15-42-16-31)13-18(19)5-6-24(20)37-25/h2-6,9-12,37,41H,7-8,13-16,34H2,1H3. The van der Waals surface area contributed by atoms with Crippen LogP contribution in [0.5, 0.6) is 11.6 Å². The lowest BCUT2D eigenvalue weighted by atomic mass is 9.94. The Morgan fingerprint density at radius 3 is 2.70 bits per heavy atom. The maximum Gasteiger partial charge on any atom is 0.219 e. The number of aryl methyl sites for hydroxylation is 1. The van der Waals surface area contributed by atoms with Crippen LogP contribution in [0, 0.1) is 18.6 Å². The summed E-state index contributed by atoms with van der Waals surface area (Å²) in [5.74, 6) is -2.43. The number of para-hydroxylation sites is 1. The van der Waals surface area contributed by atoms with Crippen molar-refractivity contribution in [2.24, 2.45) is 0 Å². The number of H-pyrrole nitrogens is 1. The SMILES string of the molecule is Cc1cc(Oc2c(F)cccc2F)ncc1-n1ncc(C(=O)c2cc3c4c(ccc3[nH]2)CN(CC2(O)COC2)CC4)c1N. The van der Waals surface area contributed by atoms with Crippen LogP contribution < -0.4 is 10.5 Å². The molecule has 5 heterocycles. The number of nitrogen functional groups attached to an aromatic ring is 1. The molecule has 4 N–H and O–H groups in total. The number of pyridine rings is 1. The number of aliphatic hydroxyl groups is 1. The summed E-state index contributed by atoms with van der Waals surface area (Å²) in [5, 5.41) is 15.8. The van der Waals surface area contributed by atoms with E-state index in [0.29, 0.717) is 43.2 Å². The van der Waals surface area contributed by atoms with E-state index in [0.717, 1.165) is 36.0 Å². The molecule has 220 valence electrons. The first-order chi connectivity index (χ1) is 20.7. The number of carbonyl (C=O) groups excluding carboxylic acids is 1. The van der Waals surface area contributed by atoms with E-state index in [2.05, 4.69) is 26.0 Å². The number of nitrogens with zero attached hydrogens (tertiary/aromatic N) is 4. The second kappa shape index (κ2) is 10.3. The summed E-state index contributed by atoms with van der Waals surface area (Å²) in [4.78, 5) is 23.2.